The van der Waals surface area contributed by atoms with Crippen molar-refractivity contribution < 1.29 is 23.8 Å². The van der Waals surface area contributed by atoms with Crippen LogP contribution in [-0.4, -0.2) is 29.1 Å². The molecule has 0 aliphatic heterocycles. The number of hydrogen-bond acceptors (Lipinski definition) is 3. The van der Waals surface area contributed by atoms with Gasteiger partial charge in [-0.25, -0.2) is 9.18 Å². The van der Waals surface area contributed by atoms with Crippen LogP contribution in [0.2, 0.25) is 0 Å². The van der Waals surface area contributed by atoms with Crippen molar-refractivity contribution in [3.05, 3.63) is 30.1 Å². The smallest absolute Gasteiger partial charge is 0.329 e. The molecule has 0 bridgehead atoms. The van der Waals surface area contributed by atoms with Gasteiger partial charge in [-0.3, -0.25) is 4.79 Å². The minimum atomic E-state index is -1.10. The van der Waals surface area contributed by atoms with Gasteiger partial charge in [-0.1, -0.05) is 18.9 Å². The van der Waals surface area contributed by atoms with Crippen molar-refractivity contribution in [2.24, 2.45) is 0 Å². The molecule has 1 saturated carbocycles. The Labute approximate surface area is 128 Å². The second-order valence-corrected chi connectivity index (χ2v) is 5.55. The molecule has 0 atom stereocenters. The van der Waals surface area contributed by atoms with Crippen molar-refractivity contribution in [1.82, 2.24) is 5.32 Å². The van der Waals surface area contributed by atoms with Gasteiger partial charge in [0.25, 0.3) is 0 Å². The predicted octanol–water partition coefficient (Wildman–Crippen LogP) is 2.50. The van der Waals surface area contributed by atoms with Crippen molar-refractivity contribution in [2.45, 2.75) is 44.1 Å². The van der Waals surface area contributed by atoms with Gasteiger partial charge in [0.1, 0.15) is 17.1 Å². The molecule has 120 valence electrons. The number of ether oxygens (including phenoxy) is 1. The number of carboxylic acid groups (broad SMARTS) is 1. The highest BCUT2D eigenvalue weighted by atomic mass is 19.1. The van der Waals surface area contributed by atoms with E-state index >= 15 is 0 Å². The van der Waals surface area contributed by atoms with Gasteiger partial charge in [-0.2, -0.15) is 0 Å². The fraction of sp³-hybridized carbons (Fsp3) is 0.500. The molecule has 2 rings (SSSR count). The molecule has 0 aromatic heterocycles. The van der Waals surface area contributed by atoms with Gasteiger partial charge >= 0.3 is 5.97 Å². The summed E-state index contributed by atoms with van der Waals surface area (Å²) in [5, 5.41) is 11.9. The van der Waals surface area contributed by atoms with Gasteiger partial charge in [-0.15, -0.1) is 0 Å². The lowest BCUT2D eigenvalue weighted by atomic mass is 9.97. The first-order valence-electron chi connectivity index (χ1n) is 7.45. The summed E-state index contributed by atoms with van der Waals surface area (Å²) in [6, 6.07) is 5.79. The highest BCUT2D eigenvalue weighted by molar-refractivity contribution is 5.87. The number of carbonyl (C=O) groups is 2. The monoisotopic (exact) mass is 309 g/mol. The van der Waals surface area contributed by atoms with Gasteiger partial charge in [0.15, 0.2) is 0 Å². The summed E-state index contributed by atoms with van der Waals surface area (Å²) in [5.41, 5.74) is -1.10. The molecule has 0 heterocycles. The zero-order valence-corrected chi connectivity index (χ0v) is 12.3. The van der Waals surface area contributed by atoms with E-state index in [2.05, 4.69) is 5.32 Å². The molecule has 0 radical (unpaired) electrons. The Kier molecular flexibility index (Phi) is 5.35. The number of aliphatic carboxylic acids is 1. The van der Waals surface area contributed by atoms with E-state index in [9.17, 15) is 19.1 Å². The summed E-state index contributed by atoms with van der Waals surface area (Å²) < 4.78 is 18.3. The zero-order chi connectivity index (χ0) is 16.0. The Hall–Kier alpha value is -2.11. The first kappa shape index (κ1) is 16.3. The Bertz CT molecular complexity index is 541. The highest BCUT2D eigenvalue weighted by Crippen LogP contribution is 2.30. The molecule has 2 N–H and O–H groups in total. The summed E-state index contributed by atoms with van der Waals surface area (Å²) in [4.78, 5) is 23.2. The first-order chi connectivity index (χ1) is 10.5. The lowest BCUT2D eigenvalue weighted by Gasteiger charge is -2.25. The summed E-state index contributed by atoms with van der Waals surface area (Å²) in [6.07, 6.45) is 3.22. The Morgan fingerprint density at radius 2 is 2.05 bits per heavy atom. The van der Waals surface area contributed by atoms with Crippen LogP contribution in [0.4, 0.5) is 4.39 Å². The van der Waals surface area contributed by atoms with Crippen molar-refractivity contribution in [3.8, 4) is 5.75 Å². The average molecular weight is 309 g/mol. The summed E-state index contributed by atoms with van der Waals surface area (Å²) in [6.45, 7) is 0.275. The van der Waals surface area contributed by atoms with Gasteiger partial charge in [-0.05, 0) is 31.4 Å². The van der Waals surface area contributed by atoms with E-state index in [1.807, 2.05) is 0 Å². The molecule has 1 fully saturated rings. The molecular weight excluding hydrogens is 289 g/mol. The highest BCUT2D eigenvalue weighted by Gasteiger charge is 2.42. The molecule has 1 amide bonds. The van der Waals surface area contributed by atoms with Gasteiger partial charge in [0.05, 0.1) is 6.61 Å². The van der Waals surface area contributed by atoms with Crippen LogP contribution in [0.25, 0.3) is 0 Å². The quantitative estimate of drug-likeness (QED) is 0.759. The SMILES string of the molecule is O=C(CCCOc1cccc(F)c1)NC1(C(=O)O)CCCC1. The molecule has 0 saturated heterocycles. The van der Waals surface area contributed by atoms with Crippen LogP contribution in [-0.2, 0) is 9.59 Å². The molecular formula is C16H20FNO4. The third kappa shape index (κ3) is 4.19. The van der Waals surface area contributed by atoms with Crippen molar-refractivity contribution in [1.29, 1.82) is 0 Å². The van der Waals surface area contributed by atoms with E-state index < -0.39 is 11.5 Å². The predicted molar refractivity (Wildman–Crippen MR) is 78.1 cm³/mol. The van der Waals surface area contributed by atoms with Gasteiger partial charge < -0.3 is 15.2 Å². The fourth-order valence-electron chi connectivity index (χ4n) is 2.68. The largest absolute Gasteiger partial charge is 0.493 e. The maximum Gasteiger partial charge on any atom is 0.329 e. The molecule has 1 aliphatic rings. The zero-order valence-electron chi connectivity index (χ0n) is 12.3. The van der Waals surface area contributed by atoms with Gasteiger partial charge in [0, 0.05) is 12.5 Å². The molecule has 0 unspecified atom stereocenters. The number of benzene rings is 1. The summed E-state index contributed by atoms with van der Waals surface area (Å²) in [5.74, 6) is -1.21. The number of hydrogen-bond donors (Lipinski definition) is 2. The molecule has 1 aromatic carbocycles. The molecule has 6 heteroatoms. The van der Waals surface area contributed by atoms with Crippen molar-refractivity contribution >= 4 is 11.9 Å². The van der Waals surface area contributed by atoms with E-state index in [1.54, 1.807) is 12.1 Å². The van der Waals surface area contributed by atoms with E-state index in [0.717, 1.165) is 12.8 Å². The van der Waals surface area contributed by atoms with Crippen LogP contribution in [0.1, 0.15) is 38.5 Å². The second kappa shape index (κ2) is 7.24. The molecule has 0 spiro atoms. The number of carboxylic acids is 1. The maximum absolute atomic E-state index is 13.0. The van der Waals surface area contributed by atoms with E-state index in [4.69, 9.17) is 4.74 Å². The molecule has 5 nitrogen and oxygen atoms in total. The van der Waals surface area contributed by atoms with Crippen LogP contribution in [0, 0.1) is 5.82 Å². The van der Waals surface area contributed by atoms with Crippen LogP contribution in [0.15, 0.2) is 24.3 Å². The minimum absolute atomic E-state index is 0.185. The van der Waals surface area contributed by atoms with Crippen LogP contribution >= 0.6 is 0 Å². The lowest BCUT2D eigenvalue weighted by Crippen LogP contribution is -2.52. The number of halogens is 1. The van der Waals surface area contributed by atoms with E-state index in [-0.39, 0.29) is 24.8 Å². The number of amides is 1. The Balaban J connectivity index is 1.72. The van der Waals surface area contributed by atoms with E-state index in [0.29, 0.717) is 25.0 Å². The second-order valence-electron chi connectivity index (χ2n) is 5.55. The van der Waals surface area contributed by atoms with Gasteiger partial charge in [0.2, 0.25) is 5.91 Å². The topological polar surface area (TPSA) is 75.6 Å². The third-order valence-corrected chi connectivity index (χ3v) is 3.86. The normalized spacial score (nSPS) is 16.2. The summed E-state index contributed by atoms with van der Waals surface area (Å²) >= 11 is 0. The molecule has 1 aliphatic carbocycles. The Morgan fingerprint density at radius 1 is 1.32 bits per heavy atom. The van der Waals surface area contributed by atoms with Crippen LogP contribution in [0.5, 0.6) is 5.75 Å². The number of rotatable bonds is 7. The van der Waals surface area contributed by atoms with Crippen molar-refractivity contribution in [2.75, 3.05) is 6.61 Å². The number of nitrogens with one attached hydrogen (secondary N) is 1. The van der Waals surface area contributed by atoms with Crippen molar-refractivity contribution in [3.63, 3.8) is 0 Å². The molecule has 22 heavy (non-hydrogen) atoms. The van der Waals surface area contributed by atoms with Crippen LogP contribution < -0.4 is 10.1 Å². The fourth-order valence-corrected chi connectivity index (χ4v) is 2.68. The lowest BCUT2D eigenvalue weighted by molar-refractivity contribution is -0.147. The van der Waals surface area contributed by atoms with Crippen LogP contribution in [0.3, 0.4) is 0 Å². The first-order valence-corrected chi connectivity index (χ1v) is 7.45. The molecule has 1 aromatic rings. The standard InChI is InChI=1S/C16H20FNO4/c17-12-5-3-6-13(11-12)22-10-4-7-14(19)18-16(15(20)21)8-1-2-9-16/h3,5-6,11H,1-2,4,7-10H2,(H,18,19)(H,20,21). The Morgan fingerprint density at radius 3 is 2.68 bits per heavy atom. The number of carbonyl (C=O) groups excluding carboxylic acids is 1. The summed E-state index contributed by atoms with van der Waals surface area (Å²) in [7, 11) is 0. The average Bonchev–Trinajstić information content (AvgIpc) is 2.93. The minimum Gasteiger partial charge on any atom is -0.493 e. The maximum atomic E-state index is 13.0. The third-order valence-electron chi connectivity index (χ3n) is 3.86. The van der Waals surface area contributed by atoms with E-state index in [1.165, 1.54) is 12.1 Å².